The average molecular weight is 233 g/mol. The van der Waals surface area contributed by atoms with Gasteiger partial charge in [-0.25, -0.2) is 13.8 Å². The van der Waals surface area contributed by atoms with Crippen molar-refractivity contribution in [2.24, 2.45) is 5.73 Å². The zero-order valence-electron chi connectivity index (χ0n) is 8.31. The molecule has 0 amide bonds. The summed E-state index contributed by atoms with van der Waals surface area (Å²) in [6.07, 6.45) is -2.89. The van der Waals surface area contributed by atoms with Crippen molar-refractivity contribution >= 4 is 5.69 Å². The molecule has 6 nitrogen and oxygen atoms in total. The summed E-state index contributed by atoms with van der Waals surface area (Å²) >= 11 is 0. The number of methoxy groups -OCH3 is 1. The summed E-state index contributed by atoms with van der Waals surface area (Å²) in [5.74, 6) is -0.183. The lowest BCUT2D eigenvalue weighted by Crippen LogP contribution is -2.08. The minimum atomic E-state index is -2.89. The second kappa shape index (κ2) is 4.79. The van der Waals surface area contributed by atoms with Crippen molar-refractivity contribution in [1.82, 2.24) is 4.98 Å². The summed E-state index contributed by atoms with van der Waals surface area (Å²) < 4.78 is 29.5. The fraction of sp³-hybridized carbons (Fsp3) is 0.375. The van der Waals surface area contributed by atoms with Gasteiger partial charge in [0.2, 0.25) is 5.75 Å². The van der Waals surface area contributed by atoms with E-state index in [1.54, 1.807) is 0 Å². The van der Waals surface area contributed by atoms with E-state index in [0.29, 0.717) is 6.07 Å². The zero-order chi connectivity index (χ0) is 12.3. The lowest BCUT2D eigenvalue weighted by molar-refractivity contribution is -0.386. The average Bonchev–Trinajstić information content (AvgIpc) is 2.26. The zero-order valence-corrected chi connectivity index (χ0v) is 8.31. The lowest BCUT2D eigenvalue weighted by Gasteiger charge is -2.08. The molecule has 8 heteroatoms. The summed E-state index contributed by atoms with van der Waals surface area (Å²) in [4.78, 5) is 13.3. The summed E-state index contributed by atoms with van der Waals surface area (Å²) in [5, 5.41) is 10.6. The van der Waals surface area contributed by atoms with Gasteiger partial charge in [0, 0.05) is 12.6 Å². The van der Waals surface area contributed by atoms with Crippen molar-refractivity contribution in [3.8, 4) is 5.75 Å². The minimum absolute atomic E-state index is 0.0630. The molecule has 0 aliphatic heterocycles. The van der Waals surface area contributed by atoms with Gasteiger partial charge in [0.25, 0.3) is 6.43 Å². The number of rotatable bonds is 4. The fourth-order valence-electron chi connectivity index (χ4n) is 1.20. The SMILES string of the molecule is COc1c([N+](=O)[O-])cc(C(F)F)nc1CN. The number of nitro groups is 1. The van der Waals surface area contributed by atoms with Gasteiger partial charge < -0.3 is 10.5 Å². The largest absolute Gasteiger partial charge is 0.489 e. The molecule has 0 aliphatic rings. The first-order valence-electron chi connectivity index (χ1n) is 4.21. The van der Waals surface area contributed by atoms with E-state index in [0.717, 1.165) is 0 Å². The van der Waals surface area contributed by atoms with Crippen molar-refractivity contribution < 1.29 is 18.4 Å². The Bertz CT molecular complexity index is 412. The van der Waals surface area contributed by atoms with Crippen LogP contribution in [-0.2, 0) is 6.54 Å². The Labute approximate surface area is 89.2 Å². The molecule has 1 heterocycles. The van der Waals surface area contributed by atoms with Gasteiger partial charge in [-0.2, -0.15) is 0 Å². The highest BCUT2D eigenvalue weighted by Crippen LogP contribution is 2.32. The Hall–Kier alpha value is -1.83. The molecule has 0 radical (unpaired) electrons. The Morgan fingerprint density at radius 2 is 2.31 bits per heavy atom. The smallest absolute Gasteiger partial charge is 0.314 e. The van der Waals surface area contributed by atoms with E-state index in [2.05, 4.69) is 4.98 Å². The standard InChI is InChI=1S/C8H9F2N3O3/c1-16-7-5(3-11)12-4(8(9)10)2-6(7)13(14)15/h2,8H,3,11H2,1H3. The molecule has 0 fully saturated rings. The molecule has 0 aromatic carbocycles. The Kier molecular flexibility index (Phi) is 3.67. The first-order valence-corrected chi connectivity index (χ1v) is 4.21. The number of nitrogens with zero attached hydrogens (tertiary/aromatic N) is 2. The van der Waals surface area contributed by atoms with E-state index < -0.39 is 22.7 Å². The number of hydrogen-bond acceptors (Lipinski definition) is 5. The monoisotopic (exact) mass is 233 g/mol. The molecule has 0 spiro atoms. The van der Waals surface area contributed by atoms with E-state index in [1.165, 1.54) is 7.11 Å². The van der Waals surface area contributed by atoms with E-state index in [-0.39, 0.29) is 18.0 Å². The Balaban J connectivity index is 3.43. The summed E-state index contributed by atoms with van der Waals surface area (Å²) in [7, 11) is 1.19. The molecular formula is C8H9F2N3O3. The van der Waals surface area contributed by atoms with Gasteiger partial charge in [0.05, 0.1) is 12.0 Å². The van der Waals surface area contributed by atoms with Crippen LogP contribution >= 0.6 is 0 Å². The van der Waals surface area contributed by atoms with Crippen LogP contribution in [-0.4, -0.2) is 17.0 Å². The van der Waals surface area contributed by atoms with Gasteiger partial charge in [-0.05, 0) is 0 Å². The number of pyridine rings is 1. The number of nitrogens with two attached hydrogens (primary N) is 1. The third kappa shape index (κ3) is 2.22. The van der Waals surface area contributed by atoms with Gasteiger partial charge in [0.1, 0.15) is 11.4 Å². The molecule has 0 atom stereocenters. The molecule has 16 heavy (non-hydrogen) atoms. The number of aromatic nitrogens is 1. The molecule has 0 unspecified atom stereocenters. The first-order chi connectivity index (χ1) is 7.51. The van der Waals surface area contributed by atoms with Crippen LogP contribution in [0.25, 0.3) is 0 Å². The van der Waals surface area contributed by atoms with E-state index in [9.17, 15) is 18.9 Å². The highest BCUT2D eigenvalue weighted by Gasteiger charge is 2.24. The second-order valence-corrected chi connectivity index (χ2v) is 2.81. The quantitative estimate of drug-likeness (QED) is 0.626. The normalized spacial score (nSPS) is 10.6. The van der Waals surface area contributed by atoms with Crippen LogP contribution in [0.1, 0.15) is 17.8 Å². The molecular weight excluding hydrogens is 224 g/mol. The molecule has 88 valence electrons. The summed E-state index contributed by atoms with van der Waals surface area (Å²) in [6, 6.07) is 0.683. The number of hydrogen-bond donors (Lipinski definition) is 1. The van der Waals surface area contributed by atoms with E-state index in [1.807, 2.05) is 0 Å². The molecule has 0 aliphatic carbocycles. The summed E-state index contributed by atoms with van der Waals surface area (Å²) in [6.45, 7) is -0.218. The summed E-state index contributed by atoms with van der Waals surface area (Å²) in [5.41, 5.74) is 3.94. The topological polar surface area (TPSA) is 91.3 Å². The van der Waals surface area contributed by atoms with Crippen molar-refractivity contribution in [3.63, 3.8) is 0 Å². The van der Waals surface area contributed by atoms with Gasteiger partial charge >= 0.3 is 5.69 Å². The molecule has 1 rings (SSSR count). The molecule has 2 N–H and O–H groups in total. The highest BCUT2D eigenvalue weighted by atomic mass is 19.3. The molecule has 0 bridgehead atoms. The molecule has 0 saturated heterocycles. The van der Waals surface area contributed by atoms with Gasteiger partial charge in [-0.15, -0.1) is 0 Å². The number of halogens is 2. The lowest BCUT2D eigenvalue weighted by atomic mass is 10.2. The second-order valence-electron chi connectivity index (χ2n) is 2.81. The van der Waals surface area contributed by atoms with Crippen LogP contribution < -0.4 is 10.5 Å². The van der Waals surface area contributed by atoms with Crippen LogP contribution in [0, 0.1) is 10.1 Å². The third-order valence-corrected chi connectivity index (χ3v) is 1.86. The van der Waals surface area contributed by atoms with Gasteiger partial charge in [0.15, 0.2) is 0 Å². The van der Waals surface area contributed by atoms with Crippen LogP contribution in [0.15, 0.2) is 6.07 Å². The third-order valence-electron chi connectivity index (χ3n) is 1.86. The van der Waals surface area contributed by atoms with Crippen LogP contribution in [0.3, 0.4) is 0 Å². The van der Waals surface area contributed by atoms with Gasteiger partial charge in [-0.1, -0.05) is 0 Å². The maximum Gasteiger partial charge on any atom is 0.314 e. The predicted octanol–water partition coefficient (Wildman–Crippen LogP) is 1.39. The van der Waals surface area contributed by atoms with Crippen LogP contribution in [0.5, 0.6) is 5.75 Å². The van der Waals surface area contributed by atoms with Crippen molar-refractivity contribution in [3.05, 3.63) is 27.6 Å². The van der Waals surface area contributed by atoms with Crippen LogP contribution in [0.4, 0.5) is 14.5 Å². The molecule has 1 aromatic heterocycles. The van der Waals surface area contributed by atoms with E-state index in [4.69, 9.17) is 10.5 Å². The maximum absolute atomic E-state index is 12.4. The first kappa shape index (κ1) is 12.2. The molecule has 0 saturated carbocycles. The van der Waals surface area contributed by atoms with Crippen molar-refractivity contribution in [2.45, 2.75) is 13.0 Å². The van der Waals surface area contributed by atoms with E-state index >= 15 is 0 Å². The fourth-order valence-corrected chi connectivity index (χ4v) is 1.20. The maximum atomic E-state index is 12.4. The van der Waals surface area contributed by atoms with Crippen molar-refractivity contribution in [1.29, 1.82) is 0 Å². The minimum Gasteiger partial charge on any atom is -0.489 e. The molecule has 1 aromatic rings. The van der Waals surface area contributed by atoms with Crippen molar-refractivity contribution in [2.75, 3.05) is 7.11 Å². The number of alkyl halides is 2. The Morgan fingerprint density at radius 3 is 2.69 bits per heavy atom. The number of ether oxygens (including phenoxy) is 1. The highest BCUT2D eigenvalue weighted by molar-refractivity contribution is 5.50. The predicted molar refractivity (Wildman–Crippen MR) is 50.3 cm³/mol. The Morgan fingerprint density at radius 1 is 1.69 bits per heavy atom. The van der Waals surface area contributed by atoms with Gasteiger partial charge in [-0.3, -0.25) is 10.1 Å². The van der Waals surface area contributed by atoms with Crippen LogP contribution in [0.2, 0.25) is 0 Å².